The van der Waals surface area contributed by atoms with Crippen LogP contribution >= 0.6 is 0 Å². The van der Waals surface area contributed by atoms with Crippen molar-refractivity contribution in [3.8, 4) is 11.5 Å². The smallest absolute Gasteiger partial charge is 0.224 e. The summed E-state index contributed by atoms with van der Waals surface area (Å²) in [6, 6.07) is 4.30. The van der Waals surface area contributed by atoms with Crippen molar-refractivity contribution in [1.82, 2.24) is 5.32 Å². The third-order valence-corrected chi connectivity index (χ3v) is 1.85. The Kier molecular flexibility index (Phi) is 3.74. The molecule has 0 spiro atoms. The van der Waals surface area contributed by atoms with Crippen molar-refractivity contribution in [1.29, 1.82) is 0 Å². The molecule has 0 radical (unpaired) electrons. The minimum absolute atomic E-state index is 0.153. The molecule has 80 valence electrons. The second-order valence-corrected chi connectivity index (χ2v) is 3.09. The molecule has 0 aliphatic rings. The number of aromatic hydroxyl groups is 2. The van der Waals surface area contributed by atoms with Gasteiger partial charge in [-0.15, -0.1) is 6.58 Å². The molecule has 3 N–H and O–H groups in total. The molecule has 1 aromatic carbocycles. The zero-order valence-electron chi connectivity index (χ0n) is 8.23. The minimum Gasteiger partial charge on any atom is -0.504 e. The van der Waals surface area contributed by atoms with Gasteiger partial charge in [0.05, 0.1) is 6.42 Å². The van der Waals surface area contributed by atoms with Gasteiger partial charge in [0.1, 0.15) is 0 Å². The first-order chi connectivity index (χ1) is 7.13. The van der Waals surface area contributed by atoms with Gasteiger partial charge in [-0.3, -0.25) is 4.79 Å². The Morgan fingerprint density at radius 3 is 2.73 bits per heavy atom. The summed E-state index contributed by atoms with van der Waals surface area (Å²) in [7, 11) is 0. The van der Waals surface area contributed by atoms with E-state index >= 15 is 0 Å². The molecule has 1 amide bonds. The average Bonchev–Trinajstić information content (AvgIpc) is 2.20. The minimum atomic E-state index is -0.218. The number of carbonyl (C=O) groups is 1. The van der Waals surface area contributed by atoms with E-state index in [1.54, 1.807) is 12.1 Å². The van der Waals surface area contributed by atoms with Gasteiger partial charge in [0.25, 0.3) is 0 Å². The topological polar surface area (TPSA) is 69.6 Å². The van der Waals surface area contributed by atoms with Crippen LogP contribution in [0.3, 0.4) is 0 Å². The maximum Gasteiger partial charge on any atom is 0.224 e. The van der Waals surface area contributed by atoms with Crippen molar-refractivity contribution < 1.29 is 15.0 Å². The number of hydrogen-bond donors (Lipinski definition) is 3. The van der Waals surface area contributed by atoms with Gasteiger partial charge in [-0.25, -0.2) is 0 Å². The highest BCUT2D eigenvalue weighted by Crippen LogP contribution is 2.24. The lowest BCUT2D eigenvalue weighted by Crippen LogP contribution is -2.24. The number of amides is 1. The molecule has 0 atom stereocenters. The molecule has 0 bridgehead atoms. The van der Waals surface area contributed by atoms with Gasteiger partial charge < -0.3 is 15.5 Å². The Labute approximate surface area is 87.9 Å². The molecule has 1 aromatic rings. The summed E-state index contributed by atoms with van der Waals surface area (Å²) in [6.45, 7) is 3.90. The van der Waals surface area contributed by atoms with Gasteiger partial charge in [-0.1, -0.05) is 12.1 Å². The van der Waals surface area contributed by atoms with Crippen LogP contribution in [0.15, 0.2) is 30.9 Å². The Balaban J connectivity index is 2.60. The normalized spacial score (nSPS) is 9.60. The highest BCUT2D eigenvalue weighted by atomic mass is 16.3. The number of nitrogens with one attached hydrogen (secondary N) is 1. The molecule has 0 heterocycles. The zero-order valence-corrected chi connectivity index (χ0v) is 8.23. The Morgan fingerprint density at radius 2 is 2.13 bits per heavy atom. The molecule has 0 saturated heterocycles. The van der Waals surface area contributed by atoms with E-state index in [-0.39, 0.29) is 23.8 Å². The van der Waals surface area contributed by atoms with Gasteiger partial charge in [-0.05, 0) is 17.7 Å². The summed E-state index contributed by atoms with van der Waals surface area (Å²) in [5.74, 6) is -0.561. The Hall–Kier alpha value is -1.97. The highest BCUT2D eigenvalue weighted by molar-refractivity contribution is 5.78. The second kappa shape index (κ2) is 5.05. The molecule has 0 unspecified atom stereocenters. The van der Waals surface area contributed by atoms with Crippen molar-refractivity contribution >= 4 is 5.91 Å². The van der Waals surface area contributed by atoms with E-state index in [0.29, 0.717) is 12.1 Å². The molecule has 0 aromatic heterocycles. The van der Waals surface area contributed by atoms with E-state index in [0.717, 1.165) is 0 Å². The predicted octanol–water partition coefficient (Wildman–Crippen LogP) is 0.942. The van der Waals surface area contributed by atoms with Gasteiger partial charge in [0.2, 0.25) is 5.91 Å². The molecule has 0 aliphatic heterocycles. The van der Waals surface area contributed by atoms with Crippen LogP contribution in [0.1, 0.15) is 5.56 Å². The largest absolute Gasteiger partial charge is 0.504 e. The maximum absolute atomic E-state index is 11.3. The van der Waals surface area contributed by atoms with Crippen molar-refractivity contribution in [2.75, 3.05) is 6.54 Å². The van der Waals surface area contributed by atoms with Crippen LogP contribution in [-0.2, 0) is 11.2 Å². The monoisotopic (exact) mass is 207 g/mol. The third-order valence-electron chi connectivity index (χ3n) is 1.85. The molecule has 15 heavy (non-hydrogen) atoms. The fourth-order valence-electron chi connectivity index (χ4n) is 1.11. The predicted molar refractivity (Wildman–Crippen MR) is 56.7 cm³/mol. The van der Waals surface area contributed by atoms with E-state index in [1.807, 2.05) is 0 Å². The van der Waals surface area contributed by atoms with Crippen LogP contribution in [0, 0.1) is 0 Å². The van der Waals surface area contributed by atoms with Crippen LogP contribution in [0.5, 0.6) is 11.5 Å². The fourth-order valence-corrected chi connectivity index (χ4v) is 1.11. The lowest BCUT2D eigenvalue weighted by atomic mass is 10.1. The average molecular weight is 207 g/mol. The summed E-state index contributed by atoms with van der Waals surface area (Å²) in [5, 5.41) is 20.9. The van der Waals surface area contributed by atoms with Gasteiger partial charge >= 0.3 is 0 Å². The van der Waals surface area contributed by atoms with Crippen LogP contribution in [-0.4, -0.2) is 22.7 Å². The molecule has 4 nitrogen and oxygen atoms in total. The van der Waals surface area contributed by atoms with E-state index in [2.05, 4.69) is 11.9 Å². The van der Waals surface area contributed by atoms with Crippen molar-refractivity contribution in [3.05, 3.63) is 36.4 Å². The van der Waals surface area contributed by atoms with Crippen LogP contribution in [0.4, 0.5) is 0 Å². The first kappa shape index (κ1) is 11.1. The van der Waals surface area contributed by atoms with Crippen molar-refractivity contribution in [3.63, 3.8) is 0 Å². The second-order valence-electron chi connectivity index (χ2n) is 3.09. The number of phenols is 2. The number of rotatable bonds is 4. The quantitative estimate of drug-likeness (QED) is 0.508. The Bertz CT molecular complexity index is 374. The van der Waals surface area contributed by atoms with Gasteiger partial charge in [0.15, 0.2) is 11.5 Å². The third kappa shape index (κ3) is 3.34. The summed E-state index contributed by atoms with van der Waals surface area (Å²) >= 11 is 0. The number of benzene rings is 1. The SMILES string of the molecule is C=CCNC(=O)Cc1ccc(O)c(O)c1. The fraction of sp³-hybridized carbons (Fsp3) is 0.182. The van der Waals surface area contributed by atoms with Gasteiger partial charge in [-0.2, -0.15) is 0 Å². The highest BCUT2D eigenvalue weighted by Gasteiger charge is 2.05. The summed E-state index contributed by atoms with van der Waals surface area (Å²) in [6.07, 6.45) is 1.76. The lowest BCUT2D eigenvalue weighted by Gasteiger charge is -2.04. The molecule has 0 saturated carbocycles. The summed E-state index contributed by atoms with van der Waals surface area (Å²) in [4.78, 5) is 11.3. The van der Waals surface area contributed by atoms with E-state index in [4.69, 9.17) is 5.11 Å². The number of carbonyl (C=O) groups excluding carboxylic acids is 1. The van der Waals surface area contributed by atoms with Crippen molar-refractivity contribution in [2.45, 2.75) is 6.42 Å². The molecule has 1 rings (SSSR count). The first-order valence-corrected chi connectivity index (χ1v) is 4.52. The van der Waals surface area contributed by atoms with Crippen LogP contribution in [0.25, 0.3) is 0 Å². The van der Waals surface area contributed by atoms with E-state index in [1.165, 1.54) is 12.1 Å². The molecular formula is C11H13NO3. The summed E-state index contributed by atoms with van der Waals surface area (Å²) in [5.41, 5.74) is 0.645. The number of phenolic OH excluding ortho intramolecular Hbond substituents is 2. The number of hydrogen-bond acceptors (Lipinski definition) is 3. The van der Waals surface area contributed by atoms with Crippen LogP contribution < -0.4 is 5.32 Å². The lowest BCUT2D eigenvalue weighted by molar-refractivity contribution is -0.120. The van der Waals surface area contributed by atoms with Crippen molar-refractivity contribution in [2.24, 2.45) is 0 Å². The maximum atomic E-state index is 11.3. The van der Waals surface area contributed by atoms with Crippen LogP contribution in [0.2, 0.25) is 0 Å². The van der Waals surface area contributed by atoms with Gasteiger partial charge in [0, 0.05) is 6.54 Å². The molecule has 0 aliphatic carbocycles. The first-order valence-electron chi connectivity index (χ1n) is 4.52. The zero-order chi connectivity index (χ0) is 11.3. The molecule has 4 heteroatoms. The van der Waals surface area contributed by atoms with E-state index < -0.39 is 0 Å². The molecule has 0 fully saturated rings. The Morgan fingerprint density at radius 1 is 1.40 bits per heavy atom. The summed E-state index contributed by atoms with van der Waals surface area (Å²) < 4.78 is 0. The molecular weight excluding hydrogens is 194 g/mol. The van der Waals surface area contributed by atoms with E-state index in [9.17, 15) is 9.90 Å². The standard InChI is InChI=1S/C11H13NO3/c1-2-5-12-11(15)7-8-3-4-9(13)10(14)6-8/h2-4,6,13-14H,1,5,7H2,(H,12,15).